The minimum Gasteiger partial charge on any atom is -0.462 e. The van der Waals surface area contributed by atoms with Gasteiger partial charge in [0.05, 0.1) is 6.61 Å². The molecule has 0 fully saturated rings. The summed E-state index contributed by atoms with van der Waals surface area (Å²) in [4.78, 5) is 36.4. The number of ether oxygens (including phenoxy) is 1. The minimum atomic E-state index is -0.649. The molecule has 1 atom stereocenters. The zero-order valence-electron chi connectivity index (χ0n) is 10.9. The fraction of sp³-hybridized carbons (Fsp3) is 0.462. The number of hydrogen-bond acceptors (Lipinski definition) is 5. The standard InChI is InChI=1S/C13H16N2O4/c1-3-19-13(18)10-6-14-11-9(7-16)5-4-8(2)15(11)12(10)17/h6-8,14H,3-5H2,1-2H3. The maximum atomic E-state index is 12.3. The fourth-order valence-corrected chi connectivity index (χ4v) is 2.25. The van der Waals surface area contributed by atoms with Crippen LogP contribution in [0.1, 0.15) is 26.7 Å². The molecule has 0 radical (unpaired) electrons. The minimum absolute atomic E-state index is 0.0374. The summed E-state index contributed by atoms with van der Waals surface area (Å²) < 4.78 is 4.84. The molecule has 0 spiro atoms. The van der Waals surface area contributed by atoms with E-state index in [1.165, 1.54) is 11.1 Å². The normalized spacial score (nSPS) is 22.4. The van der Waals surface area contributed by atoms with Crippen molar-refractivity contribution in [2.75, 3.05) is 6.61 Å². The van der Waals surface area contributed by atoms with Gasteiger partial charge in [-0.05, 0) is 26.7 Å². The molecule has 0 aromatic carbocycles. The lowest BCUT2D eigenvalue weighted by atomic mass is 9.98. The summed E-state index contributed by atoms with van der Waals surface area (Å²) in [5.74, 6) is -0.588. The van der Waals surface area contributed by atoms with E-state index in [1.54, 1.807) is 6.92 Å². The van der Waals surface area contributed by atoms with Gasteiger partial charge < -0.3 is 10.1 Å². The number of carbonyl (C=O) groups is 3. The van der Waals surface area contributed by atoms with E-state index in [0.717, 1.165) is 6.29 Å². The lowest BCUT2D eigenvalue weighted by Gasteiger charge is -2.38. The molecule has 0 aromatic rings. The van der Waals surface area contributed by atoms with Gasteiger partial charge in [0, 0.05) is 17.8 Å². The monoisotopic (exact) mass is 264 g/mol. The first-order chi connectivity index (χ1) is 9.10. The molecule has 6 nitrogen and oxygen atoms in total. The van der Waals surface area contributed by atoms with E-state index in [9.17, 15) is 14.4 Å². The molecule has 0 aliphatic carbocycles. The largest absolute Gasteiger partial charge is 0.462 e. The van der Waals surface area contributed by atoms with Crippen LogP contribution in [0.4, 0.5) is 0 Å². The molecule has 2 heterocycles. The van der Waals surface area contributed by atoms with Crippen LogP contribution in [-0.2, 0) is 19.1 Å². The predicted octanol–water partition coefficient (Wildman–Crippen LogP) is 0.458. The molecular weight excluding hydrogens is 248 g/mol. The number of hydrogen-bond donors (Lipinski definition) is 1. The van der Waals surface area contributed by atoms with Crippen molar-refractivity contribution >= 4 is 18.2 Å². The third kappa shape index (κ3) is 2.25. The summed E-state index contributed by atoms with van der Waals surface area (Å²) in [5.41, 5.74) is 0.509. The molecule has 1 unspecified atom stereocenters. The lowest BCUT2D eigenvalue weighted by Crippen LogP contribution is -2.49. The van der Waals surface area contributed by atoms with Crippen LogP contribution in [0.2, 0.25) is 0 Å². The number of aldehydes is 1. The van der Waals surface area contributed by atoms with Gasteiger partial charge in [0.15, 0.2) is 0 Å². The maximum absolute atomic E-state index is 12.3. The van der Waals surface area contributed by atoms with Gasteiger partial charge in [-0.25, -0.2) is 4.79 Å². The molecule has 0 saturated heterocycles. The van der Waals surface area contributed by atoms with Crippen LogP contribution >= 0.6 is 0 Å². The Hall–Kier alpha value is -2.11. The van der Waals surface area contributed by atoms with Crippen LogP contribution in [0.5, 0.6) is 0 Å². The first-order valence-corrected chi connectivity index (χ1v) is 6.25. The van der Waals surface area contributed by atoms with Crippen molar-refractivity contribution in [3.8, 4) is 0 Å². The summed E-state index contributed by atoms with van der Waals surface area (Å²) in [7, 11) is 0. The Morgan fingerprint density at radius 2 is 2.37 bits per heavy atom. The highest BCUT2D eigenvalue weighted by molar-refractivity contribution is 6.17. The molecule has 0 aromatic heterocycles. The van der Waals surface area contributed by atoms with Crippen molar-refractivity contribution < 1.29 is 19.1 Å². The van der Waals surface area contributed by atoms with Crippen molar-refractivity contribution in [2.24, 2.45) is 0 Å². The van der Waals surface area contributed by atoms with Crippen LogP contribution in [-0.4, -0.2) is 35.7 Å². The molecule has 1 N–H and O–H groups in total. The Balaban J connectivity index is 2.37. The van der Waals surface area contributed by atoms with Crippen molar-refractivity contribution in [1.82, 2.24) is 10.2 Å². The summed E-state index contributed by atoms with van der Waals surface area (Å²) in [6, 6.07) is -0.0585. The lowest BCUT2D eigenvalue weighted by molar-refractivity contribution is -0.142. The highest BCUT2D eigenvalue weighted by atomic mass is 16.5. The fourth-order valence-electron chi connectivity index (χ4n) is 2.25. The quantitative estimate of drug-likeness (QED) is 0.455. The molecule has 0 saturated carbocycles. The van der Waals surface area contributed by atoms with Crippen LogP contribution < -0.4 is 5.32 Å². The third-order valence-corrected chi connectivity index (χ3v) is 3.26. The molecule has 19 heavy (non-hydrogen) atoms. The second kappa shape index (κ2) is 5.26. The second-order valence-corrected chi connectivity index (χ2v) is 4.48. The number of nitrogens with zero attached hydrogens (tertiary/aromatic N) is 1. The van der Waals surface area contributed by atoms with Crippen LogP contribution in [0.3, 0.4) is 0 Å². The van der Waals surface area contributed by atoms with Gasteiger partial charge in [-0.15, -0.1) is 0 Å². The zero-order chi connectivity index (χ0) is 14.0. The molecule has 2 rings (SSSR count). The van der Waals surface area contributed by atoms with Gasteiger partial charge >= 0.3 is 5.97 Å². The van der Waals surface area contributed by atoms with Gasteiger partial charge in [-0.3, -0.25) is 14.5 Å². The van der Waals surface area contributed by atoms with Crippen LogP contribution in [0, 0.1) is 0 Å². The van der Waals surface area contributed by atoms with Gasteiger partial charge in [0.1, 0.15) is 17.7 Å². The maximum Gasteiger partial charge on any atom is 0.345 e. The molecule has 1 amide bonds. The Morgan fingerprint density at radius 3 is 3.00 bits per heavy atom. The molecule has 2 aliphatic heterocycles. The Labute approximate surface area is 111 Å². The number of carbonyl (C=O) groups excluding carboxylic acids is 3. The van der Waals surface area contributed by atoms with E-state index in [-0.39, 0.29) is 18.2 Å². The van der Waals surface area contributed by atoms with E-state index in [1.807, 2.05) is 6.92 Å². The average molecular weight is 264 g/mol. The summed E-state index contributed by atoms with van der Waals surface area (Å²) in [5, 5.41) is 2.86. The van der Waals surface area contributed by atoms with E-state index in [0.29, 0.717) is 24.2 Å². The highest BCUT2D eigenvalue weighted by Gasteiger charge is 2.37. The second-order valence-electron chi connectivity index (χ2n) is 4.48. The number of esters is 1. The summed E-state index contributed by atoms with van der Waals surface area (Å²) >= 11 is 0. The van der Waals surface area contributed by atoms with Crippen molar-refractivity contribution in [2.45, 2.75) is 32.7 Å². The third-order valence-electron chi connectivity index (χ3n) is 3.26. The number of fused-ring (bicyclic) bond motifs is 1. The van der Waals surface area contributed by atoms with E-state index in [4.69, 9.17) is 4.74 Å². The summed E-state index contributed by atoms with van der Waals surface area (Å²) in [6.07, 6.45) is 3.38. The van der Waals surface area contributed by atoms with Crippen LogP contribution in [0.25, 0.3) is 0 Å². The van der Waals surface area contributed by atoms with Crippen molar-refractivity contribution in [3.63, 3.8) is 0 Å². The Morgan fingerprint density at radius 1 is 1.63 bits per heavy atom. The van der Waals surface area contributed by atoms with E-state index < -0.39 is 11.9 Å². The van der Waals surface area contributed by atoms with E-state index >= 15 is 0 Å². The van der Waals surface area contributed by atoms with Gasteiger partial charge in [0.25, 0.3) is 5.91 Å². The van der Waals surface area contributed by atoms with Gasteiger partial charge in [-0.1, -0.05) is 0 Å². The first kappa shape index (κ1) is 13.3. The molecule has 102 valence electrons. The number of rotatable bonds is 3. The predicted molar refractivity (Wildman–Crippen MR) is 66.5 cm³/mol. The van der Waals surface area contributed by atoms with Gasteiger partial charge in [0.2, 0.25) is 0 Å². The first-order valence-electron chi connectivity index (χ1n) is 6.25. The Kier molecular flexibility index (Phi) is 3.69. The van der Waals surface area contributed by atoms with Crippen molar-refractivity contribution in [1.29, 1.82) is 0 Å². The number of allylic oxidation sites excluding steroid dienone is 1. The smallest absolute Gasteiger partial charge is 0.345 e. The molecule has 2 aliphatic rings. The molecule has 6 heteroatoms. The highest BCUT2D eigenvalue weighted by Crippen LogP contribution is 2.28. The Bertz CT molecular complexity index is 493. The summed E-state index contributed by atoms with van der Waals surface area (Å²) in [6.45, 7) is 3.77. The topological polar surface area (TPSA) is 75.7 Å². The van der Waals surface area contributed by atoms with Crippen molar-refractivity contribution in [3.05, 3.63) is 23.2 Å². The average Bonchev–Trinajstić information content (AvgIpc) is 2.39. The molecule has 0 bridgehead atoms. The SMILES string of the molecule is CCOC(=O)C1=CNC2=C(C=O)CCC(C)N2C1=O. The van der Waals surface area contributed by atoms with Gasteiger partial charge in [-0.2, -0.15) is 0 Å². The molecular formula is C13H16N2O4. The zero-order valence-corrected chi connectivity index (χ0v) is 10.9. The number of amides is 1. The van der Waals surface area contributed by atoms with E-state index in [2.05, 4.69) is 5.32 Å². The number of nitrogens with one attached hydrogen (secondary N) is 1. The van der Waals surface area contributed by atoms with Crippen LogP contribution in [0.15, 0.2) is 23.2 Å².